The quantitative estimate of drug-likeness (QED) is 0.447. The van der Waals surface area contributed by atoms with E-state index in [1.54, 1.807) is 12.1 Å². The largest absolute Gasteiger partial charge is 0.337 e. The Morgan fingerprint density at radius 2 is 1.81 bits per heavy atom. The molecule has 0 spiro atoms. The molecule has 1 atom stereocenters. The molecular formula is C24H23N3O3S. The van der Waals surface area contributed by atoms with E-state index in [1.807, 2.05) is 61.5 Å². The minimum Gasteiger partial charge on any atom is -0.337 e. The monoisotopic (exact) mass is 433 g/mol. The molecule has 6 nitrogen and oxygen atoms in total. The Morgan fingerprint density at radius 1 is 1.00 bits per heavy atom. The molecule has 1 fully saturated rings. The van der Waals surface area contributed by atoms with E-state index >= 15 is 0 Å². The van der Waals surface area contributed by atoms with Crippen molar-refractivity contribution >= 4 is 20.8 Å². The molecule has 2 heterocycles. The summed E-state index contributed by atoms with van der Waals surface area (Å²) in [6.45, 7) is 2.43. The number of rotatable bonds is 4. The van der Waals surface area contributed by atoms with Crippen molar-refractivity contribution in [3.05, 3.63) is 78.2 Å². The van der Waals surface area contributed by atoms with Crippen LogP contribution in [-0.2, 0) is 10.0 Å². The van der Waals surface area contributed by atoms with Crippen molar-refractivity contribution < 1.29 is 12.9 Å². The lowest BCUT2D eigenvalue weighted by molar-refractivity contribution is 0.205. The van der Waals surface area contributed by atoms with Crippen LogP contribution < -0.4 is 0 Å². The van der Waals surface area contributed by atoms with Crippen LogP contribution in [0.4, 0.5) is 0 Å². The number of nitrogens with zero attached hydrogens (tertiary/aromatic N) is 3. The summed E-state index contributed by atoms with van der Waals surface area (Å²) in [5.74, 6) is 0.826. The Hall–Kier alpha value is -3.03. The Bertz CT molecular complexity index is 1340. The summed E-state index contributed by atoms with van der Waals surface area (Å²) in [7, 11) is -3.74. The maximum atomic E-state index is 13.7. The van der Waals surface area contributed by atoms with Crippen molar-refractivity contribution in [2.24, 2.45) is 0 Å². The molecule has 0 radical (unpaired) electrons. The molecule has 1 saturated heterocycles. The topological polar surface area (TPSA) is 76.3 Å². The Morgan fingerprint density at radius 3 is 2.68 bits per heavy atom. The predicted molar refractivity (Wildman–Crippen MR) is 119 cm³/mol. The van der Waals surface area contributed by atoms with Gasteiger partial charge in [0, 0.05) is 17.5 Å². The molecule has 0 bridgehead atoms. The lowest BCUT2D eigenvalue weighted by Crippen LogP contribution is -2.38. The van der Waals surface area contributed by atoms with Crippen molar-refractivity contribution in [3.63, 3.8) is 0 Å². The van der Waals surface area contributed by atoms with Crippen LogP contribution in [0.2, 0.25) is 0 Å². The molecule has 0 amide bonds. The van der Waals surface area contributed by atoms with E-state index in [4.69, 9.17) is 4.52 Å². The molecule has 4 aromatic rings. The maximum absolute atomic E-state index is 13.7. The van der Waals surface area contributed by atoms with Crippen molar-refractivity contribution in [1.29, 1.82) is 0 Å². The fourth-order valence-corrected chi connectivity index (χ4v) is 6.13. The number of hydrogen-bond donors (Lipinski definition) is 0. The van der Waals surface area contributed by atoms with Gasteiger partial charge in [0.2, 0.25) is 21.7 Å². The van der Waals surface area contributed by atoms with E-state index in [2.05, 4.69) is 10.1 Å². The molecular weight excluding hydrogens is 410 g/mol. The van der Waals surface area contributed by atoms with Gasteiger partial charge in [-0.2, -0.15) is 9.29 Å². The van der Waals surface area contributed by atoms with E-state index < -0.39 is 16.1 Å². The van der Waals surface area contributed by atoms with Crippen molar-refractivity contribution in [3.8, 4) is 11.4 Å². The van der Waals surface area contributed by atoms with Gasteiger partial charge in [-0.25, -0.2) is 8.42 Å². The van der Waals surface area contributed by atoms with Crippen molar-refractivity contribution in [1.82, 2.24) is 14.4 Å². The summed E-state index contributed by atoms with van der Waals surface area (Å²) >= 11 is 0. The average Bonchev–Trinajstić information content (AvgIpc) is 3.29. The number of benzene rings is 3. The molecule has 5 rings (SSSR count). The highest BCUT2D eigenvalue weighted by Gasteiger charge is 2.38. The van der Waals surface area contributed by atoms with Gasteiger partial charge in [0.25, 0.3) is 0 Å². The minimum atomic E-state index is -3.74. The molecule has 1 unspecified atom stereocenters. The second kappa shape index (κ2) is 7.90. The Kier molecular flexibility index (Phi) is 5.08. The number of fused-ring (bicyclic) bond motifs is 1. The molecule has 31 heavy (non-hydrogen) atoms. The van der Waals surface area contributed by atoms with Crippen LogP contribution in [0, 0.1) is 6.92 Å². The van der Waals surface area contributed by atoms with Crippen LogP contribution in [0.15, 0.2) is 76.1 Å². The number of aromatic nitrogens is 2. The van der Waals surface area contributed by atoms with Crippen molar-refractivity contribution in [2.45, 2.75) is 37.1 Å². The normalized spacial score (nSPS) is 17.8. The van der Waals surface area contributed by atoms with E-state index in [1.165, 1.54) is 4.31 Å². The second-order valence-electron chi connectivity index (χ2n) is 7.93. The van der Waals surface area contributed by atoms with Crippen LogP contribution in [0.1, 0.15) is 36.8 Å². The van der Waals surface area contributed by atoms with E-state index in [0.717, 1.165) is 34.7 Å². The first-order chi connectivity index (χ1) is 15.0. The van der Waals surface area contributed by atoms with Gasteiger partial charge in [0.05, 0.1) is 4.90 Å². The fourth-order valence-electron chi connectivity index (χ4n) is 4.26. The van der Waals surface area contributed by atoms with E-state index in [9.17, 15) is 8.42 Å². The summed E-state index contributed by atoms with van der Waals surface area (Å²) in [6.07, 6.45) is 2.37. The first-order valence-corrected chi connectivity index (χ1v) is 11.9. The van der Waals surface area contributed by atoms with Gasteiger partial charge in [-0.05, 0) is 37.3 Å². The van der Waals surface area contributed by atoms with Crippen LogP contribution in [0.3, 0.4) is 0 Å². The van der Waals surface area contributed by atoms with Crippen LogP contribution in [-0.4, -0.2) is 29.4 Å². The maximum Gasteiger partial charge on any atom is 0.245 e. The van der Waals surface area contributed by atoms with Crippen molar-refractivity contribution in [2.75, 3.05) is 6.54 Å². The van der Waals surface area contributed by atoms with Gasteiger partial charge in [-0.1, -0.05) is 71.7 Å². The van der Waals surface area contributed by atoms with Gasteiger partial charge in [0.1, 0.15) is 6.04 Å². The highest BCUT2D eigenvalue weighted by molar-refractivity contribution is 7.89. The zero-order valence-corrected chi connectivity index (χ0v) is 18.0. The summed E-state index contributed by atoms with van der Waals surface area (Å²) in [4.78, 5) is 4.90. The van der Waals surface area contributed by atoms with Crippen LogP contribution in [0.25, 0.3) is 22.2 Å². The fraction of sp³-hybridized carbons (Fsp3) is 0.250. The van der Waals surface area contributed by atoms with Gasteiger partial charge < -0.3 is 4.52 Å². The molecule has 3 aromatic carbocycles. The smallest absolute Gasteiger partial charge is 0.245 e. The third-order valence-electron chi connectivity index (χ3n) is 5.79. The number of aryl methyl sites for hydroxylation is 1. The number of piperidine rings is 1. The third kappa shape index (κ3) is 3.64. The highest BCUT2D eigenvalue weighted by Crippen LogP contribution is 2.37. The SMILES string of the molecule is Cc1cccc(-c2noc(C3CCCCN3S(=O)(=O)c3cccc4ccccc34)n2)c1. The van der Waals surface area contributed by atoms with Gasteiger partial charge in [-0.15, -0.1) is 0 Å². The molecule has 1 aliphatic rings. The standard InChI is InChI=1S/C24H23N3O3S/c1-17-8-6-11-19(16-17)23-25-24(30-26-23)21-13-4-5-15-27(21)31(28,29)22-14-7-10-18-9-2-3-12-20(18)22/h2-3,6-12,14,16,21H,4-5,13,15H2,1H3. The number of hydrogen-bond acceptors (Lipinski definition) is 5. The molecule has 0 saturated carbocycles. The minimum absolute atomic E-state index is 0.316. The first kappa shape index (κ1) is 19.9. The molecule has 1 aromatic heterocycles. The zero-order valence-electron chi connectivity index (χ0n) is 17.2. The summed E-state index contributed by atoms with van der Waals surface area (Å²) < 4.78 is 34.6. The summed E-state index contributed by atoms with van der Waals surface area (Å²) in [6, 6.07) is 20.3. The first-order valence-electron chi connectivity index (χ1n) is 10.4. The summed E-state index contributed by atoms with van der Waals surface area (Å²) in [5.41, 5.74) is 1.95. The summed E-state index contributed by atoms with van der Waals surface area (Å²) in [5, 5.41) is 5.76. The molecule has 0 N–H and O–H groups in total. The Labute approximate surface area is 181 Å². The molecule has 158 valence electrons. The van der Waals surface area contributed by atoms with Gasteiger partial charge in [0.15, 0.2) is 0 Å². The molecule has 1 aliphatic heterocycles. The molecule has 0 aliphatic carbocycles. The van der Waals surface area contributed by atoms with Gasteiger partial charge in [-0.3, -0.25) is 0 Å². The van der Waals surface area contributed by atoms with E-state index in [-0.39, 0.29) is 0 Å². The van der Waals surface area contributed by atoms with Crippen LogP contribution in [0.5, 0.6) is 0 Å². The lowest BCUT2D eigenvalue weighted by atomic mass is 10.1. The third-order valence-corrected chi connectivity index (χ3v) is 7.76. The average molecular weight is 434 g/mol. The number of sulfonamides is 1. The van der Waals surface area contributed by atoms with Gasteiger partial charge >= 0.3 is 0 Å². The Balaban J connectivity index is 1.54. The molecule has 7 heteroatoms. The predicted octanol–water partition coefficient (Wildman–Crippen LogP) is 5.11. The van der Waals surface area contributed by atoms with E-state index in [0.29, 0.717) is 29.6 Å². The lowest BCUT2D eigenvalue weighted by Gasteiger charge is -2.32. The highest BCUT2D eigenvalue weighted by atomic mass is 32.2. The second-order valence-corrected chi connectivity index (χ2v) is 9.79. The zero-order chi connectivity index (χ0) is 21.4. The van der Waals surface area contributed by atoms with Crippen LogP contribution >= 0.6 is 0 Å².